The fourth-order valence-corrected chi connectivity index (χ4v) is 2.52. The van der Waals surface area contributed by atoms with E-state index in [1.54, 1.807) is 6.07 Å². The molecule has 19 heavy (non-hydrogen) atoms. The van der Waals surface area contributed by atoms with Gasteiger partial charge in [0.1, 0.15) is 17.5 Å². The molecule has 1 aliphatic rings. The first kappa shape index (κ1) is 12.2. The van der Waals surface area contributed by atoms with Gasteiger partial charge >= 0.3 is 0 Å². The Balaban J connectivity index is 2.20. The monoisotopic (exact) mass is 263 g/mol. The molecule has 0 atom stereocenters. The minimum atomic E-state index is -0.626. The van der Waals surface area contributed by atoms with E-state index in [1.807, 2.05) is 0 Å². The first-order chi connectivity index (χ1) is 9.16. The molecule has 0 unspecified atom stereocenters. The van der Waals surface area contributed by atoms with Crippen LogP contribution in [0.5, 0.6) is 0 Å². The van der Waals surface area contributed by atoms with Crippen molar-refractivity contribution in [2.45, 2.75) is 13.0 Å². The predicted octanol–water partition coefficient (Wildman–Crippen LogP) is 3.42. The van der Waals surface area contributed by atoms with Crippen LogP contribution in [0, 0.1) is 17.5 Å². The number of halogens is 3. The van der Waals surface area contributed by atoms with E-state index in [0.717, 1.165) is 11.6 Å². The Labute approximate surface area is 109 Å². The lowest BCUT2D eigenvalue weighted by Gasteiger charge is -2.21. The van der Waals surface area contributed by atoms with E-state index in [9.17, 15) is 13.2 Å². The van der Waals surface area contributed by atoms with Crippen molar-refractivity contribution in [2.75, 3.05) is 6.54 Å². The summed E-state index contributed by atoms with van der Waals surface area (Å²) in [5.41, 5.74) is 2.32. The molecule has 1 nitrogen and oxygen atoms in total. The highest BCUT2D eigenvalue weighted by Crippen LogP contribution is 2.31. The third-order valence-electron chi connectivity index (χ3n) is 3.45. The molecule has 0 spiro atoms. The van der Waals surface area contributed by atoms with Gasteiger partial charge in [-0.3, -0.25) is 0 Å². The average molecular weight is 263 g/mol. The quantitative estimate of drug-likeness (QED) is 0.831. The summed E-state index contributed by atoms with van der Waals surface area (Å²) in [6.07, 6.45) is 0.581. The smallest absolute Gasteiger partial charge is 0.133 e. The number of hydrogen-bond donors (Lipinski definition) is 1. The van der Waals surface area contributed by atoms with Crippen molar-refractivity contribution < 1.29 is 13.2 Å². The van der Waals surface area contributed by atoms with E-state index in [1.165, 1.54) is 18.2 Å². The summed E-state index contributed by atoms with van der Waals surface area (Å²) in [5.74, 6) is -1.50. The molecule has 1 heterocycles. The first-order valence-corrected chi connectivity index (χ1v) is 6.13. The molecular weight excluding hydrogens is 251 g/mol. The SMILES string of the molecule is Fc1ccc(-c2ccc(F)c3c2CNCC3)c(F)c1. The number of rotatable bonds is 1. The maximum absolute atomic E-state index is 13.9. The largest absolute Gasteiger partial charge is 0.312 e. The second kappa shape index (κ2) is 4.70. The summed E-state index contributed by atoms with van der Waals surface area (Å²) in [4.78, 5) is 0. The molecule has 0 bridgehead atoms. The van der Waals surface area contributed by atoms with Gasteiger partial charge in [-0.05, 0) is 47.9 Å². The second-order valence-corrected chi connectivity index (χ2v) is 4.60. The van der Waals surface area contributed by atoms with Crippen LogP contribution in [0.25, 0.3) is 11.1 Å². The topological polar surface area (TPSA) is 12.0 Å². The van der Waals surface area contributed by atoms with E-state index >= 15 is 0 Å². The summed E-state index contributed by atoms with van der Waals surface area (Å²) >= 11 is 0. The zero-order valence-corrected chi connectivity index (χ0v) is 10.1. The molecule has 4 heteroatoms. The van der Waals surface area contributed by atoms with Crippen molar-refractivity contribution in [1.29, 1.82) is 0 Å². The van der Waals surface area contributed by atoms with Crippen molar-refractivity contribution >= 4 is 0 Å². The molecule has 2 aromatic rings. The van der Waals surface area contributed by atoms with Crippen LogP contribution in [0.1, 0.15) is 11.1 Å². The summed E-state index contributed by atoms with van der Waals surface area (Å²) in [6, 6.07) is 6.36. The van der Waals surface area contributed by atoms with Gasteiger partial charge in [-0.1, -0.05) is 6.07 Å². The highest BCUT2D eigenvalue weighted by molar-refractivity contribution is 5.70. The van der Waals surface area contributed by atoms with Gasteiger partial charge in [0, 0.05) is 18.2 Å². The van der Waals surface area contributed by atoms with Gasteiger partial charge in [-0.2, -0.15) is 0 Å². The molecule has 1 aliphatic heterocycles. The Morgan fingerprint density at radius 3 is 2.42 bits per heavy atom. The van der Waals surface area contributed by atoms with E-state index < -0.39 is 11.6 Å². The maximum atomic E-state index is 13.9. The van der Waals surface area contributed by atoms with Gasteiger partial charge in [0.25, 0.3) is 0 Å². The fourth-order valence-electron chi connectivity index (χ4n) is 2.52. The van der Waals surface area contributed by atoms with Gasteiger partial charge in [0.05, 0.1) is 0 Å². The molecule has 0 amide bonds. The lowest BCUT2D eigenvalue weighted by molar-refractivity contribution is 0.568. The fraction of sp³-hybridized carbons (Fsp3) is 0.200. The zero-order chi connectivity index (χ0) is 13.4. The second-order valence-electron chi connectivity index (χ2n) is 4.60. The highest BCUT2D eigenvalue weighted by atomic mass is 19.1. The molecule has 0 fully saturated rings. The third-order valence-corrected chi connectivity index (χ3v) is 3.45. The molecule has 0 aromatic heterocycles. The standard InChI is InChI=1S/C15H12F3N/c16-9-1-2-11(15(18)7-9)10-3-4-14(17)12-5-6-19-8-13(10)12/h1-4,7,19H,5-6,8H2. The Kier molecular flexibility index (Phi) is 3.03. The van der Waals surface area contributed by atoms with E-state index in [4.69, 9.17) is 0 Å². The van der Waals surface area contributed by atoms with Crippen LogP contribution in [0.15, 0.2) is 30.3 Å². The first-order valence-electron chi connectivity index (χ1n) is 6.13. The molecular formula is C15H12F3N. The zero-order valence-electron chi connectivity index (χ0n) is 10.1. The molecule has 2 aromatic carbocycles. The van der Waals surface area contributed by atoms with Crippen LogP contribution in [0.2, 0.25) is 0 Å². The van der Waals surface area contributed by atoms with Crippen molar-refractivity contribution in [1.82, 2.24) is 5.32 Å². The molecule has 98 valence electrons. The lowest BCUT2D eigenvalue weighted by atomic mass is 9.91. The summed E-state index contributed by atoms with van der Waals surface area (Å²) < 4.78 is 40.6. The molecule has 3 rings (SSSR count). The Morgan fingerprint density at radius 1 is 0.842 bits per heavy atom. The minimum absolute atomic E-state index is 0.261. The minimum Gasteiger partial charge on any atom is -0.312 e. The molecule has 1 N–H and O–H groups in total. The number of hydrogen-bond acceptors (Lipinski definition) is 1. The predicted molar refractivity (Wildman–Crippen MR) is 67.2 cm³/mol. The summed E-state index contributed by atoms with van der Waals surface area (Å²) in [7, 11) is 0. The molecule has 0 aliphatic carbocycles. The Hall–Kier alpha value is -1.81. The maximum Gasteiger partial charge on any atom is 0.133 e. The van der Waals surface area contributed by atoms with E-state index in [-0.39, 0.29) is 5.82 Å². The van der Waals surface area contributed by atoms with Crippen LogP contribution in [-0.4, -0.2) is 6.54 Å². The lowest BCUT2D eigenvalue weighted by Crippen LogP contribution is -2.25. The normalized spacial score (nSPS) is 14.3. The van der Waals surface area contributed by atoms with E-state index in [0.29, 0.717) is 36.2 Å². The number of benzene rings is 2. The molecule has 0 saturated carbocycles. The van der Waals surface area contributed by atoms with Crippen molar-refractivity contribution in [3.05, 3.63) is 58.9 Å². The van der Waals surface area contributed by atoms with Gasteiger partial charge in [-0.15, -0.1) is 0 Å². The van der Waals surface area contributed by atoms with Gasteiger partial charge in [0.2, 0.25) is 0 Å². The van der Waals surface area contributed by atoms with Crippen LogP contribution in [-0.2, 0) is 13.0 Å². The van der Waals surface area contributed by atoms with Crippen LogP contribution >= 0.6 is 0 Å². The van der Waals surface area contributed by atoms with Gasteiger partial charge < -0.3 is 5.32 Å². The molecule has 0 radical (unpaired) electrons. The Bertz CT molecular complexity index is 638. The van der Waals surface area contributed by atoms with Gasteiger partial charge in [0.15, 0.2) is 0 Å². The number of nitrogens with one attached hydrogen (secondary N) is 1. The van der Waals surface area contributed by atoms with E-state index in [2.05, 4.69) is 5.32 Å². The van der Waals surface area contributed by atoms with Crippen LogP contribution in [0.3, 0.4) is 0 Å². The summed E-state index contributed by atoms with van der Waals surface area (Å²) in [5, 5.41) is 3.15. The number of fused-ring (bicyclic) bond motifs is 1. The van der Waals surface area contributed by atoms with Gasteiger partial charge in [-0.25, -0.2) is 13.2 Å². The highest BCUT2D eigenvalue weighted by Gasteiger charge is 2.19. The summed E-state index contributed by atoms with van der Waals surface area (Å²) in [6.45, 7) is 1.21. The van der Waals surface area contributed by atoms with Crippen molar-refractivity contribution in [3.63, 3.8) is 0 Å². The molecule has 0 saturated heterocycles. The van der Waals surface area contributed by atoms with Crippen molar-refractivity contribution in [2.24, 2.45) is 0 Å². The van der Waals surface area contributed by atoms with Crippen molar-refractivity contribution in [3.8, 4) is 11.1 Å². The third kappa shape index (κ3) is 2.12. The van der Waals surface area contributed by atoms with Crippen LogP contribution in [0.4, 0.5) is 13.2 Å². The van der Waals surface area contributed by atoms with Crippen LogP contribution < -0.4 is 5.32 Å². The average Bonchev–Trinajstić information content (AvgIpc) is 2.41. The Morgan fingerprint density at radius 2 is 1.63 bits per heavy atom.